The molecule has 1 heterocycles. The molecule has 0 aliphatic carbocycles. The van der Waals surface area contributed by atoms with E-state index in [0.717, 1.165) is 21.8 Å². The lowest BCUT2D eigenvalue weighted by Crippen LogP contribution is -1.93. The molecule has 1 aromatic heterocycles. The van der Waals surface area contributed by atoms with E-state index in [0.29, 0.717) is 10.7 Å². The van der Waals surface area contributed by atoms with Gasteiger partial charge in [-0.15, -0.1) is 0 Å². The first-order chi connectivity index (χ1) is 8.58. The van der Waals surface area contributed by atoms with Crippen molar-refractivity contribution in [3.8, 4) is 6.07 Å². The fraction of sp³-hybridized carbons (Fsp3) is 0.214. The molecule has 0 fully saturated rings. The lowest BCUT2D eigenvalue weighted by Gasteiger charge is -2.05. The molecular formula is C14H13N3S. The minimum atomic E-state index is 0.661. The van der Waals surface area contributed by atoms with E-state index in [4.69, 9.17) is 5.26 Å². The van der Waals surface area contributed by atoms with Crippen molar-refractivity contribution < 1.29 is 0 Å². The van der Waals surface area contributed by atoms with Gasteiger partial charge >= 0.3 is 0 Å². The number of aromatic nitrogens is 2. The van der Waals surface area contributed by atoms with Crippen LogP contribution in [0.3, 0.4) is 0 Å². The molecule has 0 saturated carbocycles. The zero-order valence-electron chi connectivity index (χ0n) is 10.6. The van der Waals surface area contributed by atoms with Gasteiger partial charge in [0.15, 0.2) is 5.16 Å². The van der Waals surface area contributed by atoms with Crippen LogP contribution in [0.25, 0.3) is 0 Å². The summed E-state index contributed by atoms with van der Waals surface area (Å²) < 4.78 is 0. The van der Waals surface area contributed by atoms with Crippen molar-refractivity contribution in [2.45, 2.75) is 30.8 Å². The van der Waals surface area contributed by atoms with Gasteiger partial charge in [-0.2, -0.15) is 5.26 Å². The van der Waals surface area contributed by atoms with Gasteiger partial charge in [-0.3, -0.25) is 0 Å². The van der Waals surface area contributed by atoms with Crippen LogP contribution >= 0.6 is 11.8 Å². The second kappa shape index (κ2) is 5.19. The Morgan fingerprint density at radius 2 is 1.72 bits per heavy atom. The minimum Gasteiger partial charge on any atom is -0.228 e. The molecular weight excluding hydrogens is 242 g/mol. The Morgan fingerprint density at radius 1 is 1.06 bits per heavy atom. The van der Waals surface area contributed by atoms with Crippen LogP contribution in [0, 0.1) is 32.1 Å². The summed E-state index contributed by atoms with van der Waals surface area (Å²) >= 11 is 1.44. The highest BCUT2D eigenvalue weighted by Crippen LogP contribution is 2.28. The molecule has 0 aliphatic rings. The van der Waals surface area contributed by atoms with Crippen LogP contribution in [0.1, 0.15) is 22.5 Å². The number of rotatable bonds is 2. The first kappa shape index (κ1) is 12.6. The van der Waals surface area contributed by atoms with Crippen molar-refractivity contribution in [2.75, 3.05) is 0 Å². The maximum Gasteiger partial charge on any atom is 0.192 e. The van der Waals surface area contributed by atoms with Crippen molar-refractivity contribution in [1.29, 1.82) is 5.26 Å². The summed E-state index contributed by atoms with van der Waals surface area (Å²) in [6, 6.07) is 9.89. The van der Waals surface area contributed by atoms with Crippen LogP contribution in [0.15, 0.2) is 34.3 Å². The normalized spacial score (nSPS) is 10.1. The van der Waals surface area contributed by atoms with Crippen LogP contribution < -0.4 is 0 Å². The molecule has 90 valence electrons. The Bertz CT molecular complexity index is 609. The highest BCUT2D eigenvalue weighted by atomic mass is 32.2. The van der Waals surface area contributed by atoms with E-state index in [-0.39, 0.29) is 0 Å². The van der Waals surface area contributed by atoms with Gasteiger partial charge in [0.05, 0.1) is 5.56 Å². The first-order valence-corrected chi connectivity index (χ1v) is 6.41. The van der Waals surface area contributed by atoms with Crippen molar-refractivity contribution in [2.24, 2.45) is 0 Å². The molecule has 0 spiro atoms. The lowest BCUT2D eigenvalue weighted by molar-refractivity contribution is 0.902. The summed E-state index contributed by atoms with van der Waals surface area (Å²) in [4.78, 5) is 9.66. The second-order valence-electron chi connectivity index (χ2n) is 4.15. The largest absolute Gasteiger partial charge is 0.228 e. The number of aryl methyl sites for hydroxylation is 3. The van der Waals surface area contributed by atoms with Gasteiger partial charge in [-0.1, -0.05) is 6.07 Å². The van der Waals surface area contributed by atoms with E-state index < -0.39 is 0 Å². The minimum absolute atomic E-state index is 0.661. The van der Waals surface area contributed by atoms with Gasteiger partial charge < -0.3 is 0 Å². The first-order valence-electron chi connectivity index (χ1n) is 5.59. The summed E-state index contributed by atoms with van der Waals surface area (Å²) in [7, 11) is 0. The van der Waals surface area contributed by atoms with Crippen LogP contribution in [-0.4, -0.2) is 9.97 Å². The average Bonchev–Trinajstić information content (AvgIpc) is 2.27. The molecule has 0 radical (unpaired) electrons. The molecule has 18 heavy (non-hydrogen) atoms. The predicted octanol–water partition coefficient (Wildman–Crippen LogP) is 3.42. The van der Waals surface area contributed by atoms with Crippen molar-refractivity contribution >= 4 is 11.8 Å². The molecule has 0 aliphatic heterocycles. The summed E-state index contributed by atoms with van der Waals surface area (Å²) in [5.74, 6) is 0. The van der Waals surface area contributed by atoms with Gasteiger partial charge in [-0.05, 0) is 56.3 Å². The number of nitrogens with zero attached hydrogens (tertiary/aromatic N) is 3. The third-order valence-electron chi connectivity index (χ3n) is 2.42. The van der Waals surface area contributed by atoms with Gasteiger partial charge in [0.1, 0.15) is 6.07 Å². The number of hydrogen-bond acceptors (Lipinski definition) is 4. The Kier molecular flexibility index (Phi) is 3.63. The van der Waals surface area contributed by atoms with Crippen LogP contribution in [0.2, 0.25) is 0 Å². The molecule has 0 saturated heterocycles. The van der Waals surface area contributed by atoms with Crippen molar-refractivity contribution in [3.05, 3.63) is 46.8 Å². The fourth-order valence-electron chi connectivity index (χ4n) is 1.64. The van der Waals surface area contributed by atoms with Gasteiger partial charge in [-0.25, -0.2) is 9.97 Å². The molecule has 4 heteroatoms. The van der Waals surface area contributed by atoms with Crippen molar-refractivity contribution in [1.82, 2.24) is 9.97 Å². The molecule has 2 rings (SSSR count). The van der Waals surface area contributed by atoms with Gasteiger partial charge in [0, 0.05) is 16.3 Å². The molecule has 0 bridgehead atoms. The summed E-state index contributed by atoms with van der Waals surface area (Å²) in [5, 5.41) is 9.78. The molecule has 0 N–H and O–H groups in total. The average molecular weight is 255 g/mol. The molecule has 0 atom stereocenters. The third-order valence-corrected chi connectivity index (χ3v) is 3.34. The van der Waals surface area contributed by atoms with Gasteiger partial charge in [0.2, 0.25) is 0 Å². The van der Waals surface area contributed by atoms with E-state index in [1.165, 1.54) is 11.8 Å². The van der Waals surface area contributed by atoms with E-state index in [1.807, 2.05) is 45.0 Å². The SMILES string of the molecule is Cc1ccc(C#N)c(Sc2nc(C)cc(C)n2)c1. The van der Waals surface area contributed by atoms with Crippen molar-refractivity contribution in [3.63, 3.8) is 0 Å². The number of hydrogen-bond donors (Lipinski definition) is 0. The smallest absolute Gasteiger partial charge is 0.192 e. The maximum atomic E-state index is 9.09. The summed E-state index contributed by atoms with van der Waals surface area (Å²) in [5.41, 5.74) is 3.67. The fourth-order valence-corrected chi connectivity index (χ4v) is 2.69. The Labute approximate surface area is 111 Å². The topological polar surface area (TPSA) is 49.6 Å². The summed E-state index contributed by atoms with van der Waals surface area (Å²) in [6.45, 7) is 5.90. The Hall–Kier alpha value is -1.86. The molecule has 0 unspecified atom stereocenters. The highest BCUT2D eigenvalue weighted by molar-refractivity contribution is 7.99. The highest BCUT2D eigenvalue weighted by Gasteiger charge is 2.07. The quantitative estimate of drug-likeness (QED) is 0.771. The number of benzene rings is 1. The molecule has 2 aromatic rings. The Morgan fingerprint density at radius 3 is 2.33 bits per heavy atom. The lowest BCUT2D eigenvalue weighted by atomic mass is 10.2. The van der Waals surface area contributed by atoms with Gasteiger partial charge in [0.25, 0.3) is 0 Å². The van der Waals surface area contributed by atoms with Crippen LogP contribution in [0.4, 0.5) is 0 Å². The summed E-state index contributed by atoms with van der Waals surface area (Å²) in [6.07, 6.45) is 0. The zero-order chi connectivity index (χ0) is 13.1. The van der Waals surface area contributed by atoms with Crippen LogP contribution in [0.5, 0.6) is 0 Å². The predicted molar refractivity (Wildman–Crippen MR) is 71.5 cm³/mol. The van der Waals surface area contributed by atoms with Crippen LogP contribution in [-0.2, 0) is 0 Å². The maximum absolute atomic E-state index is 9.09. The monoisotopic (exact) mass is 255 g/mol. The van der Waals surface area contributed by atoms with E-state index in [9.17, 15) is 0 Å². The third kappa shape index (κ3) is 2.88. The standard InChI is InChI=1S/C14H13N3S/c1-9-4-5-12(8-15)13(6-9)18-14-16-10(2)7-11(3)17-14/h4-7H,1-3H3. The van der Waals surface area contributed by atoms with E-state index in [2.05, 4.69) is 16.0 Å². The second-order valence-corrected chi connectivity index (χ2v) is 5.16. The molecule has 0 amide bonds. The van der Waals surface area contributed by atoms with E-state index in [1.54, 1.807) is 0 Å². The molecule has 1 aromatic carbocycles. The Balaban J connectivity index is 2.39. The zero-order valence-corrected chi connectivity index (χ0v) is 11.4. The van der Waals surface area contributed by atoms with E-state index >= 15 is 0 Å². The molecule has 3 nitrogen and oxygen atoms in total. The number of nitriles is 1.